The SMILES string of the molecule is CC(=O)c1ccc(N2CCN(C(=O)NC(C)c3ccc(F)c(F)c3)CC2)c(F)c1. The van der Waals surface area contributed by atoms with Crippen molar-refractivity contribution in [3.8, 4) is 0 Å². The van der Waals surface area contributed by atoms with Gasteiger partial charge in [-0.25, -0.2) is 18.0 Å². The van der Waals surface area contributed by atoms with Crippen molar-refractivity contribution in [1.29, 1.82) is 0 Å². The van der Waals surface area contributed by atoms with Crippen LogP contribution < -0.4 is 10.2 Å². The minimum atomic E-state index is -0.963. The Kier molecular flexibility index (Phi) is 6.10. The first-order valence-electron chi connectivity index (χ1n) is 9.32. The number of benzene rings is 2. The van der Waals surface area contributed by atoms with E-state index in [1.165, 1.54) is 19.1 Å². The average Bonchev–Trinajstić information content (AvgIpc) is 2.70. The molecule has 1 saturated heterocycles. The quantitative estimate of drug-likeness (QED) is 0.785. The largest absolute Gasteiger partial charge is 0.366 e. The number of ketones is 1. The third-order valence-corrected chi connectivity index (χ3v) is 5.05. The highest BCUT2D eigenvalue weighted by atomic mass is 19.2. The lowest BCUT2D eigenvalue weighted by Gasteiger charge is -2.36. The lowest BCUT2D eigenvalue weighted by Crippen LogP contribution is -2.52. The summed E-state index contributed by atoms with van der Waals surface area (Å²) in [6, 6.07) is 7.08. The molecule has 2 aromatic carbocycles. The Morgan fingerprint density at radius 3 is 2.21 bits per heavy atom. The molecule has 29 heavy (non-hydrogen) atoms. The van der Waals surface area contributed by atoms with Crippen molar-refractivity contribution in [2.75, 3.05) is 31.1 Å². The summed E-state index contributed by atoms with van der Waals surface area (Å²) in [5.41, 5.74) is 1.17. The van der Waals surface area contributed by atoms with Crippen molar-refractivity contribution in [2.45, 2.75) is 19.9 Å². The zero-order chi connectivity index (χ0) is 21.1. The Morgan fingerprint density at radius 1 is 0.931 bits per heavy atom. The summed E-state index contributed by atoms with van der Waals surface area (Å²) in [7, 11) is 0. The van der Waals surface area contributed by atoms with Gasteiger partial charge in [-0.15, -0.1) is 0 Å². The Hall–Kier alpha value is -3.03. The van der Waals surface area contributed by atoms with Crippen molar-refractivity contribution in [1.82, 2.24) is 10.2 Å². The number of amides is 2. The molecular weight excluding hydrogens is 383 g/mol. The lowest BCUT2D eigenvalue weighted by molar-refractivity contribution is 0.101. The van der Waals surface area contributed by atoms with E-state index in [9.17, 15) is 22.8 Å². The number of hydrogen-bond donors (Lipinski definition) is 1. The van der Waals surface area contributed by atoms with E-state index in [4.69, 9.17) is 0 Å². The van der Waals surface area contributed by atoms with Crippen LogP contribution in [0.5, 0.6) is 0 Å². The highest BCUT2D eigenvalue weighted by Gasteiger charge is 2.24. The molecule has 0 saturated carbocycles. The van der Waals surface area contributed by atoms with Gasteiger partial charge >= 0.3 is 6.03 Å². The molecule has 5 nitrogen and oxygen atoms in total. The molecule has 1 aliphatic heterocycles. The normalized spacial score (nSPS) is 15.2. The smallest absolute Gasteiger partial charge is 0.317 e. The number of nitrogens with zero attached hydrogens (tertiary/aromatic N) is 2. The molecule has 154 valence electrons. The second-order valence-corrected chi connectivity index (χ2v) is 7.04. The van der Waals surface area contributed by atoms with Crippen LogP contribution in [0.3, 0.4) is 0 Å². The monoisotopic (exact) mass is 405 g/mol. The molecule has 1 N–H and O–H groups in total. The van der Waals surface area contributed by atoms with E-state index in [-0.39, 0.29) is 11.8 Å². The number of anilines is 1. The van der Waals surface area contributed by atoms with E-state index in [0.717, 1.165) is 12.1 Å². The minimum absolute atomic E-state index is 0.202. The maximum atomic E-state index is 14.3. The molecular formula is C21H22F3N3O2. The molecule has 2 amide bonds. The highest BCUT2D eigenvalue weighted by Crippen LogP contribution is 2.23. The number of piperazine rings is 1. The van der Waals surface area contributed by atoms with Crippen molar-refractivity contribution < 1.29 is 22.8 Å². The van der Waals surface area contributed by atoms with Gasteiger partial charge in [-0.05, 0) is 49.7 Å². The summed E-state index contributed by atoms with van der Waals surface area (Å²) in [6.07, 6.45) is 0. The number of halogens is 3. The Bertz CT molecular complexity index is 927. The van der Waals surface area contributed by atoms with Gasteiger partial charge in [-0.2, -0.15) is 0 Å². The fourth-order valence-corrected chi connectivity index (χ4v) is 3.27. The summed E-state index contributed by atoms with van der Waals surface area (Å²) in [4.78, 5) is 27.3. The third kappa shape index (κ3) is 4.70. The van der Waals surface area contributed by atoms with E-state index in [1.807, 2.05) is 4.90 Å². The van der Waals surface area contributed by atoms with Crippen LogP contribution in [0.2, 0.25) is 0 Å². The molecule has 0 spiro atoms. The number of Topliss-reactive ketones (excluding diaryl/α,β-unsaturated/α-hetero) is 1. The van der Waals surface area contributed by atoms with E-state index in [1.54, 1.807) is 24.0 Å². The summed E-state index contributed by atoms with van der Waals surface area (Å²) in [6.45, 7) is 4.70. The molecule has 1 heterocycles. The van der Waals surface area contributed by atoms with Gasteiger partial charge in [-0.3, -0.25) is 4.79 Å². The first-order valence-corrected chi connectivity index (χ1v) is 9.32. The predicted octanol–water partition coefficient (Wildman–Crippen LogP) is 3.90. The Balaban J connectivity index is 1.58. The van der Waals surface area contributed by atoms with Crippen LogP contribution in [-0.2, 0) is 0 Å². The molecule has 1 aliphatic rings. The molecule has 3 rings (SSSR count). The number of urea groups is 1. The fraction of sp³-hybridized carbons (Fsp3) is 0.333. The maximum Gasteiger partial charge on any atom is 0.317 e. The van der Waals surface area contributed by atoms with Gasteiger partial charge in [0, 0.05) is 31.7 Å². The zero-order valence-corrected chi connectivity index (χ0v) is 16.2. The number of carbonyl (C=O) groups is 2. The second kappa shape index (κ2) is 8.55. The van der Waals surface area contributed by atoms with Gasteiger partial charge in [0.25, 0.3) is 0 Å². The van der Waals surface area contributed by atoms with Crippen LogP contribution in [0.25, 0.3) is 0 Å². The van der Waals surface area contributed by atoms with Crippen LogP contribution in [0, 0.1) is 17.5 Å². The van der Waals surface area contributed by atoms with Crippen molar-refractivity contribution in [3.05, 3.63) is 65.0 Å². The van der Waals surface area contributed by atoms with Gasteiger partial charge in [0.15, 0.2) is 17.4 Å². The number of rotatable bonds is 4. The summed E-state index contributed by atoms with van der Waals surface area (Å²) >= 11 is 0. The third-order valence-electron chi connectivity index (χ3n) is 5.05. The van der Waals surface area contributed by atoms with Gasteiger partial charge < -0.3 is 15.1 Å². The molecule has 0 aromatic heterocycles. The average molecular weight is 405 g/mol. The van der Waals surface area contributed by atoms with E-state index in [0.29, 0.717) is 43.0 Å². The second-order valence-electron chi connectivity index (χ2n) is 7.04. The first kappa shape index (κ1) is 20.7. The molecule has 1 fully saturated rings. The van der Waals surface area contributed by atoms with Gasteiger partial charge in [0.05, 0.1) is 11.7 Å². The molecule has 1 unspecified atom stereocenters. The minimum Gasteiger partial charge on any atom is -0.366 e. The fourth-order valence-electron chi connectivity index (χ4n) is 3.27. The zero-order valence-electron chi connectivity index (χ0n) is 16.2. The standard InChI is InChI=1S/C21H22F3N3O2/c1-13(15-3-5-17(22)18(23)11-15)25-21(29)27-9-7-26(8-10-27)20-6-4-16(14(2)28)12-19(20)24/h3-6,11-13H,7-10H2,1-2H3,(H,25,29). The topological polar surface area (TPSA) is 52.7 Å². The molecule has 8 heteroatoms. The van der Waals surface area contributed by atoms with Crippen molar-refractivity contribution in [3.63, 3.8) is 0 Å². The Morgan fingerprint density at radius 2 is 1.62 bits per heavy atom. The van der Waals surface area contributed by atoms with Gasteiger partial charge in [0.2, 0.25) is 0 Å². The Labute approximate surface area is 167 Å². The maximum absolute atomic E-state index is 14.3. The number of nitrogens with one attached hydrogen (secondary N) is 1. The molecule has 2 aromatic rings. The molecule has 0 aliphatic carbocycles. The van der Waals surface area contributed by atoms with Crippen molar-refractivity contribution >= 4 is 17.5 Å². The first-order chi connectivity index (χ1) is 13.8. The van der Waals surface area contributed by atoms with E-state index >= 15 is 0 Å². The van der Waals surface area contributed by atoms with Gasteiger partial charge in [-0.1, -0.05) is 6.07 Å². The molecule has 0 radical (unpaired) electrons. The molecule has 1 atom stereocenters. The number of carbonyl (C=O) groups excluding carboxylic acids is 2. The predicted molar refractivity (Wildman–Crippen MR) is 103 cm³/mol. The van der Waals surface area contributed by atoms with E-state index < -0.39 is 23.5 Å². The number of hydrogen-bond acceptors (Lipinski definition) is 3. The lowest BCUT2D eigenvalue weighted by atomic mass is 10.1. The van der Waals surface area contributed by atoms with Crippen LogP contribution in [0.1, 0.15) is 35.8 Å². The molecule has 0 bridgehead atoms. The van der Waals surface area contributed by atoms with Gasteiger partial charge in [0.1, 0.15) is 5.82 Å². The summed E-state index contributed by atoms with van der Waals surface area (Å²) < 4.78 is 40.8. The van der Waals surface area contributed by atoms with Crippen LogP contribution in [0.4, 0.5) is 23.7 Å². The van der Waals surface area contributed by atoms with Crippen molar-refractivity contribution in [2.24, 2.45) is 0 Å². The van der Waals surface area contributed by atoms with Crippen LogP contribution >= 0.6 is 0 Å². The summed E-state index contributed by atoms with van der Waals surface area (Å²) in [5, 5.41) is 2.77. The highest BCUT2D eigenvalue weighted by molar-refractivity contribution is 5.94. The van der Waals surface area contributed by atoms with Crippen LogP contribution in [-0.4, -0.2) is 42.9 Å². The van der Waals surface area contributed by atoms with Crippen LogP contribution in [0.15, 0.2) is 36.4 Å². The summed E-state index contributed by atoms with van der Waals surface area (Å²) in [5.74, 6) is -2.57. The van der Waals surface area contributed by atoms with E-state index in [2.05, 4.69) is 5.32 Å².